The predicted molar refractivity (Wildman–Crippen MR) is 92.7 cm³/mol. The van der Waals surface area contributed by atoms with Crippen molar-refractivity contribution in [2.75, 3.05) is 19.0 Å². The molecule has 0 spiro atoms. The van der Waals surface area contributed by atoms with Gasteiger partial charge < -0.3 is 14.8 Å². The lowest BCUT2D eigenvalue weighted by atomic mass is 10.2. The van der Waals surface area contributed by atoms with Gasteiger partial charge in [0.25, 0.3) is 0 Å². The van der Waals surface area contributed by atoms with E-state index in [0.717, 1.165) is 6.08 Å². The van der Waals surface area contributed by atoms with E-state index in [1.54, 1.807) is 24.3 Å². The number of halogens is 3. The van der Waals surface area contributed by atoms with Crippen LogP contribution in [0.4, 0.5) is 18.9 Å². The first-order chi connectivity index (χ1) is 12.4. The van der Waals surface area contributed by atoms with Crippen molar-refractivity contribution < 1.29 is 27.4 Å². The molecule has 2 aromatic rings. The highest BCUT2D eigenvalue weighted by Crippen LogP contribution is 2.28. The largest absolute Gasteiger partial charge is 0.493 e. The maximum atomic E-state index is 13.5. The molecule has 0 saturated heterocycles. The fraction of sp³-hybridized carbons (Fsp3) is 0.105. The molecule has 26 heavy (non-hydrogen) atoms. The molecule has 4 nitrogen and oxygen atoms in total. The third-order valence-electron chi connectivity index (χ3n) is 3.24. The topological polar surface area (TPSA) is 47.6 Å². The monoisotopic (exact) mass is 363 g/mol. The summed E-state index contributed by atoms with van der Waals surface area (Å²) in [5.41, 5.74) is 0.165. The van der Waals surface area contributed by atoms with Gasteiger partial charge in [0.1, 0.15) is 12.4 Å². The summed E-state index contributed by atoms with van der Waals surface area (Å²) in [6.07, 6.45) is 4.17. The molecule has 136 valence electrons. The van der Waals surface area contributed by atoms with E-state index in [9.17, 15) is 18.0 Å². The summed E-state index contributed by atoms with van der Waals surface area (Å²) in [5, 5.41) is 2.14. The number of hydrogen-bond acceptors (Lipinski definition) is 3. The highest BCUT2D eigenvalue weighted by molar-refractivity contribution is 6.02. The molecule has 2 rings (SSSR count). The molecule has 0 saturated carbocycles. The SMILES string of the molecule is C=CCOc1ccc(C=CC(=O)Nc2cc(F)c(F)cc2F)cc1OC. The lowest BCUT2D eigenvalue weighted by Gasteiger charge is -2.09. The van der Waals surface area contributed by atoms with Gasteiger partial charge in [0.2, 0.25) is 5.91 Å². The molecular formula is C19H16F3NO3. The number of benzene rings is 2. The van der Waals surface area contributed by atoms with Crippen LogP contribution in [-0.2, 0) is 4.79 Å². The Balaban J connectivity index is 2.10. The van der Waals surface area contributed by atoms with Gasteiger partial charge in [-0.25, -0.2) is 13.2 Å². The third kappa shape index (κ3) is 4.89. The van der Waals surface area contributed by atoms with E-state index in [-0.39, 0.29) is 0 Å². The first-order valence-corrected chi connectivity index (χ1v) is 7.50. The molecule has 0 atom stereocenters. The smallest absolute Gasteiger partial charge is 0.248 e. The first kappa shape index (κ1) is 19.1. The number of carbonyl (C=O) groups excluding carboxylic acids is 1. The normalized spacial score (nSPS) is 10.6. The van der Waals surface area contributed by atoms with Gasteiger partial charge in [0, 0.05) is 18.2 Å². The number of anilines is 1. The summed E-state index contributed by atoms with van der Waals surface area (Å²) in [4.78, 5) is 11.8. The minimum Gasteiger partial charge on any atom is -0.493 e. The summed E-state index contributed by atoms with van der Waals surface area (Å²) in [5.74, 6) is -3.40. The van der Waals surface area contributed by atoms with E-state index in [1.807, 2.05) is 0 Å². The van der Waals surface area contributed by atoms with Crippen LogP contribution in [-0.4, -0.2) is 19.6 Å². The fourth-order valence-electron chi connectivity index (χ4n) is 2.02. The lowest BCUT2D eigenvalue weighted by molar-refractivity contribution is -0.111. The molecule has 1 N–H and O–H groups in total. The molecule has 0 fully saturated rings. The Labute approximate surface area is 148 Å². The molecule has 0 radical (unpaired) electrons. The number of nitrogens with one attached hydrogen (secondary N) is 1. The maximum absolute atomic E-state index is 13.5. The van der Waals surface area contributed by atoms with Crippen molar-refractivity contribution >= 4 is 17.7 Å². The van der Waals surface area contributed by atoms with Crippen LogP contribution >= 0.6 is 0 Å². The molecule has 0 heterocycles. The Hall–Kier alpha value is -3.22. The second kappa shape index (κ2) is 8.75. The molecule has 1 amide bonds. The Bertz CT molecular complexity index is 850. The van der Waals surface area contributed by atoms with Crippen LogP contribution in [0.5, 0.6) is 11.5 Å². The van der Waals surface area contributed by atoms with Crippen LogP contribution in [0.15, 0.2) is 49.1 Å². The highest BCUT2D eigenvalue weighted by Gasteiger charge is 2.11. The number of carbonyl (C=O) groups is 1. The second-order valence-corrected chi connectivity index (χ2v) is 5.08. The number of rotatable bonds is 7. The molecule has 2 aromatic carbocycles. The van der Waals surface area contributed by atoms with Gasteiger partial charge in [-0.15, -0.1) is 0 Å². The summed E-state index contributed by atoms with van der Waals surface area (Å²) >= 11 is 0. The van der Waals surface area contributed by atoms with Crippen molar-refractivity contribution in [1.82, 2.24) is 0 Å². The number of methoxy groups -OCH3 is 1. The lowest BCUT2D eigenvalue weighted by Crippen LogP contribution is -2.10. The number of ether oxygens (including phenoxy) is 2. The average molecular weight is 363 g/mol. The number of amides is 1. The standard InChI is InChI=1S/C19H16F3NO3/c1-3-8-26-17-6-4-12(9-18(17)25-2)5-7-19(24)23-16-11-14(21)13(20)10-15(16)22/h3-7,9-11H,1,8H2,2H3,(H,23,24). The van der Waals surface area contributed by atoms with Gasteiger partial charge in [0.05, 0.1) is 12.8 Å². The van der Waals surface area contributed by atoms with Gasteiger partial charge in [-0.1, -0.05) is 18.7 Å². The van der Waals surface area contributed by atoms with Crippen molar-refractivity contribution in [1.29, 1.82) is 0 Å². The summed E-state index contributed by atoms with van der Waals surface area (Å²) in [6, 6.07) is 5.92. The van der Waals surface area contributed by atoms with Gasteiger partial charge >= 0.3 is 0 Å². The van der Waals surface area contributed by atoms with Gasteiger partial charge in [0.15, 0.2) is 23.1 Å². The van der Waals surface area contributed by atoms with Crippen molar-refractivity contribution in [3.8, 4) is 11.5 Å². The molecule has 0 aliphatic carbocycles. The van der Waals surface area contributed by atoms with E-state index < -0.39 is 29.0 Å². The van der Waals surface area contributed by atoms with Crippen LogP contribution in [0.25, 0.3) is 6.08 Å². The van der Waals surface area contributed by atoms with Crippen molar-refractivity contribution in [3.05, 3.63) is 72.1 Å². The van der Waals surface area contributed by atoms with Crippen LogP contribution in [0.2, 0.25) is 0 Å². The molecule has 0 unspecified atom stereocenters. The minimum atomic E-state index is -1.33. The Morgan fingerprint density at radius 3 is 2.54 bits per heavy atom. The van der Waals surface area contributed by atoms with E-state index in [4.69, 9.17) is 9.47 Å². The maximum Gasteiger partial charge on any atom is 0.248 e. The van der Waals surface area contributed by atoms with Crippen LogP contribution in [0.1, 0.15) is 5.56 Å². The Morgan fingerprint density at radius 2 is 1.85 bits per heavy atom. The van der Waals surface area contributed by atoms with Crippen LogP contribution < -0.4 is 14.8 Å². The molecule has 0 aliphatic heterocycles. The molecule has 7 heteroatoms. The Morgan fingerprint density at radius 1 is 1.12 bits per heavy atom. The van der Waals surface area contributed by atoms with E-state index in [1.165, 1.54) is 13.2 Å². The quantitative estimate of drug-likeness (QED) is 0.453. The molecular weight excluding hydrogens is 347 g/mol. The van der Waals surface area contributed by atoms with Gasteiger partial charge in [-0.2, -0.15) is 0 Å². The second-order valence-electron chi connectivity index (χ2n) is 5.08. The molecule has 0 bridgehead atoms. The van der Waals surface area contributed by atoms with Crippen molar-refractivity contribution in [2.45, 2.75) is 0 Å². The fourth-order valence-corrected chi connectivity index (χ4v) is 2.02. The summed E-state index contributed by atoms with van der Waals surface area (Å²) in [6.45, 7) is 3.87. The minimum absolute atomic E-state index is 0.313. The van der Waals surface area contributed by atoms with Gasteiger partial charge in [-0.3, -0.25) is 4.79 Å². The van der Waals surface area contributed by atoms with Crippen molar-refractivity contribution in [2.24, 2.45) is 0 Å². The highest BCUT2D eigenvalue weighted by atomic mass is 19.2. The molecule has 0 aromatic heterocycles. The van der Waals surface area contributed by atoms with E-state index in [2.05, 4.69) is 11.9 Å². The predicted octanol–water partition coefficient (Wildman–Crippen LogP) is 4.33. The Kier molecular flexibility index (Phi) is 6.43. The van der Waals surface area contributed by atoms with Gasteiger partial charge in [-0.05, 0) is 23.8 Å². The molecule has 0 aliphatic rings. The van der Waals surface area contributed by atoms with E-state index in [0.29, 0.717) is 35.8 Å². The summed E-state index contributed by atoms with van der Waals surface area (Å²) < 4.78 is 50.1. The summed E-state index contributed by atoms with van der Waals surface area (Å²) in [7, 11) is 1.47. The van der Waals surface area contributed by atoms with Crippen LogP contribution in [0, 0.1) is 17.5 Å². The van der Waals surface area contributed by atoms with Crippen LogP contribution in [0.3, 0.4) is 0 Å². The van der Waals surface area contributed by atoms with Crippen molar-refractivity contribution in [3.63, 3.8) is 0 Å². The zero-order valence-corrected chi connectivity index (χ0v) is 13.9. The van der Waals surface area contributed by atoms with E-state index >= 15 is 0 Å². The zero-order chi connectivity index (χ0) is 19.1. The zero-order valence-electron chi connectivity index (χ0n) is 13.9. The third-order valence-corrected chi connectivity index (χ3v) is 3.24. The first-order valence-electron chi connectivity index (χ1n) is 7.50. The average Bonchev–Trinajstić information content (AvgIpc) is 2.63. The number of hydrogen-bond donors (Lipinski definition) is 1.